The summed E-state index contributed by atoms with van der Waals surface area (Å²) < 4.78 is 45.5. The molecule has 2 aromatic carbocycles. The fourth-order valence-electron chi connectivity index (χ4n) is 4.49. The number of halogens is 4. The van der Waals surface area contributed by atoms with Crippen molar-refractivity contribution in [3.05, 3.63) is 92.1 Å². The molecule has 1 aliphatic rings. The van der Waals surface area contributed by atoms with Crippen LogP contribution >= 0.6 is 11.6 Å². The zero-order valence-electron chi connectivity index (χ0n) is 21.0. The number of nitrogens with one attached hydrogen (secondary N) is 1. The Labute approximate surface area is 225 Å². The molecule has 1 N–H and O–H groups in total. The summed E-state index contributed by atoms with van der Waals surface area (Å²) in [5, 5.41) is 4.30. The van der Waals surface area contributed by atoms with Crippen molar-refractivity contribution in [3.8, 4) is 0 Å². The summed E-state index contributed by atoms with van der Waals surface area (Å²) in [4.78, 5) is 38.3. The molecule has 0 spiro atoms. The van der Waals surface area contributed by atoms with E-state index in [1.807, 2.05) is 0 Å². The van der Waals surface area contributed by atoms with Crippen molar-refractivity contribution in [1.29, 1.82) is 0 Å². The van der Waals surface area contributed by atoms with Gasteiger partial charge in [0.05, 0.1) is 29.4 Å². The minimum Gasteiger partial charge on any atom is -0.451 e. The van der Waals surface area contributed by atoms with Gasteiger partial charge in [-0.05, 0) is 55.8 Å². The maximum atomic E-state index is 13.4. The number of aromatic nitrogens is 2. The first-order valence-corrected chi connectivity index (χ1v) is 12.6. The Kier molecular flexibility index (Phi) is 7.02. The van der Waals surface area contributed by atoms with Gasteiger partial charge in [0.15, 0.2) is 5.76 Å². The summed E-state index contributed by atoms with van der Waals surface area (Å²) in [5.74, 6) is -0.104. The minimum atomic E-state index is -4.43. The molecule has 5 rings (SSSR count). The van der Waals surface area contributed by atoms with Crippen LogP contribution in [-0.2, 0) is 19.1 Å². The van der Waals surface area contributed by atoms with E-state index in [0.717, 1.165) is 16.9 Å². The van der Waals surface area contributed by atoms with E-state index in [2.05, 4.69) is 10.3 Å². The van der Waals surface area contributed by atoms with E-state index < -0.39 is 23.3 Å². The standard InChI is InChI=1S/C27H24ClF3N4O4/c1-3-38-35-24(36)20-14-34(25(37)23-13-17-12-19(28)8-9-22(17)39-23)11-10-21(20)33-26(35)32-15(2)16-4-6-18(7-5-16)27(29,30)31/h4-9,12-13,15H,3,10-11,14H2,1-2H3,(H,32,33)/t15-/m1/s1. The highest BCUT2D eigenvalue weighted by Crippen LogP contribution is 2.30. The molecule has 4 aromatic rings. The second-order valence-corrected chi connectivity index (χ2v) is 9.57. The number of carbonyl (C=O) groups is 1. The van der Waals surface area contributed by atoms with Gasteiger partial charge < -0.3 is 19.5 Å². The molecule has 0 saturated heterocycles. The SMILES string of the molecule is CCOn1c(N[C@H](C)c2ccc(C(F)(F)F)cc2)nc2c(c1=O)CN(C(=O)c1cc3cc(Cl)ccc3o1)CC2. The van der Waals surface area contributed by atoms with Crippen LogP contribution in [0.1, 0.15) is 52.8 Å². The predicted octanol–water partition coefficient (Wildman–Crippen LogP) is 5.48. The molecule has 1 atom stereocenters. The molecule has 2 aromatic heterocycles. The number of benzene rings is 2. The van der Waals surface area contributed by atoms with Gasteiger partial charge in [0.1, 0.15) is 12.2 Å². The van der Waals surface area contributed by atoms with Gasteiger partial charge in [-0.1, -0.05) is 23.7 Å². The first-order valence-electron chi connectivity index (χ1n) is 12.2. The second-order valence-electron chi connectivity index (χ2n) is 9.13. The molecular weight excluding hydrogens is 537 g/mol. The molecular formula is C27H24ClF3N4O4. The molecule has 8 nitrogen and oxygen atoms in total. The molecule has 0 saturated carbocycles. The van der Waals surface area contributed by atoms with Crippen LogP contribution in [0.25, 0.3) is 11.0 Å². The number of furan rings is 1. The van der Waals surface area contributed by atoms with E-state index in [-0.39, 0.29) is 30.8 Å². The van der Waals surface area contributed by atoms with Gasteiger partial charge in [0.25, 0.3) is 11.5 Å². The van der Waals surface area contributed by atoms with Crippen molar-refractivity contribution in [1.82, 2.24) is 14.6 Å². The molecule has 0 aliphatic carbocycles. The molecule has 1 aliphatic heterocycles. The number of hydrogen-bond donors (Lipinski definition) is 1. The number of nitrogens with zero attached hydrogens (tertiary/aromatic N) is 3. The van der Waals surface area contributed by atoms with Gasteiger partial charge in [0, 0.05) is 23.4 Å². The smallest absolute Gasteiger partial charge is 0.416 e. The first kappa shape index (κ1) is 26.6. The van der Waals surface area contributed by atoms with Gasteiger partial charge in [0.2, 0.25) is 5.95 Å². The maximum Gasteiger partial charge on any atom is 0.416 e. The number of anilines is 1. The van der Waals surface area contributed by atoms with Gasteiger partial charge in [-0.2, -0.15) is 13.2 Å². The van der Waals surface area contributed by atoms with Crippen LogP contribution in [0, 0.1) is 0 Å². The van der Waals surface area contributed by atoms with Crippen molar-refractivity contribution in [2.75, 3.05) is 18.5 Å². The van der Waals surface area contributed by atoms with Crippen LogP contribution in [-0.4, -0.2) is 33.7 Å². The minimum absolute atomic E-state index is 0.0135. The summed E-state index contributed by atoms with van der Waals surface area (Å²) in [6.07, 6.45) is -4.11. The lowest BCUT2D eigenvalue weighted by Crippen LogP contribution is -2.42. The highest BCUT2D eigenvalue weighted by Gasteiger charge is 2.31. The zero-order valence-corrected chi connectivity index (χ0v) is 21.8. The summed E-state index contributed by atoms with van der Waals surface area (Å²) in [6.45, 7) is 3.93. The number of rotatable bonds is 6. The van der Waals surface area contributed by atoms with Crippen molar-refractivity contribution < 1.29 is 27.2 Å². The van der Waals surface area contributed by atoms with E-state index in [0.29, 0.717) is 45.8 Å². The van der Waals surface area contributed by atoms with E-state index >= 15 is 0 Å². The molecule has 0 radical (unpaired) electrons. The van der Waals surface area contributed by atoms with Crippen molar-refractivity contribution in [2.45, 2.75) is 39.0 Å². The third kappa shape index (κ3) is 5.31. The van der Waals surface area contributed by atoms with E-state index in [9.17, 15) is 22.8 Å². The Morgan fingerprint density at radius 2 is 1.95 bits per heavy atom. The third-order valence-electron chi connectivity index (χ3n) is 6.51. The predicted molar refractivity (Wildman–Crippen MR) is 139 cm³/mol. The Morgan fingerprint density at radius 1 is 1.21 bits per heavy atom. The van der Waals surface area contributed by atoms with Crippen LogP contribution in [0.2, 0.25) is 5.02 Å². The number of fused-ring (bicyclic) bond motifs is 2. The van der Waals surface area contributed by atoms with Crippen molar-refractivity contribution in [3.63, 3.8) is 0 Å². The van der Waals surface area contributed by atoms with Crippen molar-refractivity contribution in [2.24, 2.45) is 0 Å². The molecule has 39 heavy (non-hydrogen) atoms. The fraction of sp³-hybridized carbons (Fsp3) is 0.296. The average Bonchev–Trinajstić information content (AvgIpc) is 3.33. The lowest BCUT2D eigenvalue weighted by molar-refractivity contribution is -0.137. The Bertz CT molecular complexity index is 1600. The summed E-state index contributed by atoms with van der Waals surface area (Å²) in [5.41, 5.74) is 0.703. The maximum absolute atomic E-state index is 13.4. The molecule has 0 unspecified atom stereocenters. The number of amides is 1. The highest BCUT2D eigenvalue weighted by atomic mass is 35.5. The Morgan fingerprint density at radius 3 is 2.64 bits per heavy atom. The summed E-state index contributed by atoms with van der Waals surface area (Å²) in [6, 6.07) is 11.0. The fourth-order valence-corrected chi connectivity index (χ4v) is 4.67. The van der Waals surface area contributed by atoms with Crippen LogP contribution in [0.4, 0.5) is 19.1 Å². The van der Waals surface area contributed by atoms with Crippen LogP contribution in [0.3, 0.4) is 0 Å². The zero-order chi connectivity index (χ0) is 27.9. The van der Waals surface area contributed by atoms with Gasteiger partial charge in [-0.25, -0.2) is 4.98 Å². The summed E-state index contributed by atoms with van der Waals surface area (Å²) >= 11 is 6.03. The molecule has 0 fully saturated rings. The Balaban J connectivity index is 1.40. The van der Waals surface area contributed by atoms with Crippen LogP contribution in [0.5, 0.6) is 0 Å². The molecule has 204 valence electrons. The number of hydrogen-bond acceptors (Lipinski definition) is 6. The van der Waals surface area contributed by atoms with E-state index in [1.165, 1.54) is 17.0 Å². The van der Waals surface area contributed by atoms with E-state index in [1.54, 1.807) is 38.1 Å². The number of carbonyl (C=O) groups excluding carboxylic acids is 1. The highest BCUT2D eigenvalue weighted by molar-refractivity contribution is 6.31. The molecule has 0 bridgehead atoms. The van der Waals surface area contributed by atoms with Crippen LogP contribution < -0.4 is 15.7 Å². The lowest BCUT2D eigenvalue weighted by Gasteiger charge is -2.28. The second kappa shape index (κ2) is 10.3. The largest absolute Gasteiger partial charge is 0.451 e. The molecule has 1 amide bonds. The van der Waals surface area contributed by atoms with Gasteiger partial charge >= 0.3 is 6.18 Å². The first-order chi connectivity index (χ1) is 18.5. The molecule has 12 heteroatoms. The number of alkyl halides is 3. The Hall–Kier alpha value is -3.99. The topological polar surface area (TPSA) is 89.6 Å². The third-order valence-corrected chi connectivity index (χ3v) is 6.74. The van der Waals surface area contributed by atoms with Crippen LogP contribution in [0.15, 0.2) is 57.7 Å². The monoisotopic (exact) mass is 560 g/mol. The van der Waals surface area contributed by atoms with Gasteiger partial charge in [-0.15, -0.1) is 4.73 Å². The lowest BCUT2D eigenvalue weighted by atomic mass is 10.1. The molecule has 3 heterocycles. The average molecular weight is 561 g/mol. The quantitative estimate of drug-likeness (QED) is 0.336. The van der Waals surface area contributed by atoms with Gasteiger partial charge in [-0.3, -0.25) is 9.59 Å². The van der Waals surface area contributed by atoms with E-state index in [4.69, 9.17) is 20.9 Å². The van der Waals surface area contributed by atoms with Crippen molar-refractivity contribution >= 4 is 34.4 Å². The summed E-state index contributed by atoms with van der Waals surface area (Å²) in [7, 11) is 0. The normalized spacial score (nSPS) is 14.3.